The van der Waals surface area contributed by atoms with E-state index >= 15 is 0 Å². The maximum absolute atomic E-state index is 12.8. The Morgan fingerprint density at radius 2 is 1.96 bits per heavy atom. The molecular weight excluding hydrogens is 366 g/mol. The minimum Gasteiger partial charge on any atom is -0.320 e. The summed E-state index contributed by atoms with van der Waals surface area (Å²) in [6.45, 7) is 12.2. The Bertz CT molecular complexity index is 785. The predicted molar refractivity (Wildman–Crippen MR) is 119 cm³/mol. The first-order valence-corrected chi connectivity index (χ1v) is 11.3. The quantitative estimate of drug-likeness (QED) is 0.680. The molecule has 5 heteroatoms. The van der Waals surface area contributed by atoms with Crippen LogP contribution in [0.15, 0.2) is 29.6 Å². The Hall–Kier alpha value is -1.72. The fourth-order valence-electron chi connectivity index (χ4n) is 3.80. The first-order chi connectivity index (χ1) is 13.4. The number of carbonyl (C=O) groups excluding carboxylic acids is 1. The number of para-hydroxylation sites is 1. The van der Waals surface area contributed by atoms with E-state index in [1.807, 2.05) is 23.6 Å². The fourth-order valence-corrected chi connectivity index (χ4v) is 4.77. The normalized spacial score (nSPS) is 16.3. The van der Waals surface area contributed by atoms with Crippen molar-refractivity contribution in [1.29, 1.82) is 0 Å². The van der Waals surface area contributed by atoms with Crippen molar-refractivity contribution in [3.8, 4) is 0 Å². The van der Waals surface area contributed by atoms with Crippen molar-refractivity contribution < 1.29 is 4.79 Å². The van der Waals surface area contributed by atoms with E-state index < -0.39 is 0 Å². The lowest BCUT2D eigenvalue weighted by atomic mass is 9.86. The summed E-state index contributed by atoms with van der Waals surface area (Å²) in [5, 5.41) is 6.10. The maximum Gasteiger partial charge on any atom is 0.275 e. The van der Waals surface area contributed by atoms with Crippen molar-refractivity contribution in [2.45, 2.75) is 64.7 Å². The summed E-state index contributed by atoms with van der Waals surface area (Å²) < 4.78 is 0. The molecular formula is C23H33N3OS. The standard InChI is InChI=1S/C23H33N3OS/c1-5-6-13-26-14-11-17(12-15-26)22-25-20(16-28-22)21(27)24-19-10-8-7-9-18(19)23(2,3)4/h7-10,16-17H,5-6,11-15H2,1-4H3,(H,24,27). The summed E-state index contributed by atoms with van der Waals surface area (Å²) in [6.07, 6.45) is 4.82. The number of likely N-dealkylation sites (tertiary alicyclic amines) is 1. The Morgan fingerprint density at radius 1 is 1.25 bits per heavy atom. The van der Waals surface area contributed by atoms with Crippen LogP contribution in [0.5, 0.6) is 0 Å². The van der Waals surface area contributed by atoms with Crippen LogP contribution in [0.1, 0.15) is 80.4 Å². The summed E-state index contributed by atoms with van der Waals surface area (Å²) in [7, 11) is 0. The van der Waals surface area contributed by atoms with E-state index in [9.17, 15) is 4.79 Å². The highest BCUT2D eigenvalue weighted by Crippen LogP contribution is 2.32. The summed E-state index contributed by atoms with van der Waals surface area (Å²) in [6, 6.07) is 8.03. The van der Waals surface area contributed by atoms with Gasteiger partial charge in [-0.2, -0.15) is 0 Å². The van der Waals surface area contributed by atoms with E-state index in [1.54, 1.807) is 11.3 Å². The van der Waals surface area contributed by atoms with Gasteiger partial charge in [0.15, 0.2) is 0 Å². The summed E-state index contributed by atoms with van der Waals surface area (Å²) in [4.78, 5) is 20.0. The number of hydrogen-bond donors (Lipinski definition) is 1. The van der Waals surface area contributed by atoms with Crippen molar-refractivity contribution in [2.75, 3.05) is 25.0 Å². The molecule has 1 aromatic heterocycles. The molecule has 0 bridgehead atoms. The largest absolute Gasteiger partial charge is 0.320 e. The van der Waals surface area contributed by atoms with E-state index in [0.29, 0.717) is 11.6 Å². The van der Waals surface area contributed by atoms with Crippen molar-refractivity contribution in [1.82, 2.24) is 9.88 Å². The van der Waals surface area contributed by atoms with Crippen LogP contribution in [0, 0.1) is 0 Å². The Morgan fingerprint density at radius 3 is 2.64 bits per heavy atom. The first kappa shape index (κ1) is 21.0. The number of piperidine rings is 1. The predicted octanol–water partition coefficient (Wildman–Crippen LogP) is 5.67. The highest BCUT2D eigenvalue weighted by Gasteiger charge is 2.24. The number of amides is 1. The molecule has 3 rings (SSSR count). The van der Waals surface area contributed by atoms with Gasteiger partial charge in [0, 0.05) is 17.0 Å². The zero-order chi connectivity index (χ0) is 20.1. The Balaban J connectivity index is 1.63. The minimum absolute atomic E-state index is 0.0249. The fraction of sp³-hybridized carbons (Fsp3) is 0.565. The number of hydrogen-bond acceptors (Lipinski definition) is 4. The molecule has 1 amide bonds. The molecule has 1 N–H and O–H groups in total. The molecule has 0 spiro atoms. The number of carbonyl (C=O) groups is 1. The molecule has 1 aliphatic heterocycles. The number of aromatic nitrogens is 1. The molecule has 152 valence electrons. The van der Waals surface area contributed by atoms with Crippen molar-refractivity contribution in [2.24, 2.45) is 0 Å². The smallest absolute Gasteiger partial charge is 0.275 e. The van der Waals surface area contributed by atoms with Crippen LogP contribution in [0.4, 0.5) is 5.69 Å². The van der Waals surface area contributed by atoms with Gasteiger partial charge in [0.05, 0.1) is 5.01 Å². The van der Waals surface area contributed by atoms with Gasteiger partial charge in [-0.3, -0.25) is 4.79 Å². The summed E-state index contributed by atoms with van der Waals surface area (Å²) in [5.41, 5.74) is 2.53. The molecule has 28 heavy (non-hydrogen) atoms. The maximum atomic E-state index is 12.8. The average Bonchev–Trinajstić information content (AvgIpc) is 3.17. The lowest BCUT2D eigenvalue weighted by Gasteiger charge is -2.30. The minimum atomic E-state index is -0.111. The van der Waals surface area contributed by atoms with Gasteiger partial charge < -0.3 is 10.2 Å². The van der Waals surface area contributed by atoms with Crippen molar-refractivity contribution in [3.05, 3.63) is 45.9 Å². The van der Waals surface area contributed by atoms with Crippen molar-refractivity contribution >= 4 is 22.9 Å². The summed E-state index contributed by atoms with van der Waals surface area (Å²) in [5.74, 6) is 0.380. The SMILES string of the molecule is CCCCN1CCC(c2nc(C(=O)Nc3ccccc3C(C)(C)C)cs2)CC1. The van der Waals surface area contributed by atoms with Gasteiger partial charge in [0.2, 0.25) is 0 Å². The van der Waals surface area contributed by atoms with Gasteiger partial charge in [-0.05, 0) is 55.9 Å². The topological polar surface area (TPSA) is 45.2 Å². The number of unbranched alkanes of at least 4 members (excludes halogenated alkanes) is 1. The van der Waals surface area contributed by atoms with Crippen LogP contribution >= 0.6 is 11.3 Å². The highest BCUT2D eigenvalue weighted by atomic mass is 32.1. The number of anilines is 1. The van der Waals surface area contributed by atoms with E-state index in [2.05, 4.69) is 44.0 Å². The Kier molecular flexibility index (Phi) is 6.89. The second-order valence-corrected chi connectivity index (χ2v) is 9.68. The third-order valence-corrected chi connectivity index (χ3v) is 6.51. The lowest BCUT2D eigenvalue weighted by Crippen LogP contribution is -2.33. The zero-order valence-corrected chi connectivity index (χ0v) is 18.4. The first-order valence-electron chi connectivity index (χ1n) is 10.5. The second kappa shape index (κ2) is 9.19. The van der Waals surface area contributed by atoms with E-state index in [0.717, 1.165) is 42.2 Å². The summed E-state index contributed by atoms with van der Waals surface area (Å²) >= 11 is 1.63. The molecule has 0 radical (unpaired) electrons. The van der Waals surface area contributed by atoms with Gasteiger partial charge in [0.25, 0.3) is 5.91 Å². The molecule has 0 saturated carbocycles. The van der Waals surface area contributed by atoms with Gasteiger partial charge in [-0.15, -0.1) is 11.3 Å². The molecule has 1 aliphatic rings. The van der Waals surface area contributed by atoms with E-state index in [4.69, 9.17) is 4.98 Å². The number of thiazole rings is 1. The van der Waals surface area contributed by atoms with Crippen molar-refractivity contribution in [3.63, 3.8) is 0 Å². The number of rotatable bonds is 6. The van der Waals surface area contributed by atoms with Crippen LogP contribution in [-0.2, 0) is 5.41 Å². The number of benzene rings is 1. The third kappa shape index (κ3) is 5.21. The Labute approximate surface area is 173 Å². The van der Waals surface area contributed by atoms with Crippen LogP contribution in [0.25, 0.3) is 0 Å². The average molecular weight is 400 g/mol. The third-order valence-electron chi connectivity index (χ3n) is 5.50. The molecule has 1 fully saturated rings. The van der Waals surface area contributed by atoms with Gasteiger partial charge in [-0.25, -0.2) is 4.98 Å². The van der Waals surface area contributed by atoms with Gasteiger partial charge >= 0.3 is 0 Å². The van der Waals surface area contributed by atoms with E-state index in [-0.39, 0.29) is 11.3 Å². The second-order valence-electron chi connectivity index (χ2n) is 8.79. The van der Waals surface area contributed by atoms with Gasteiger partial charge in [0.1, 0.15) is 5.69 Å². The molecule has 1 aromatic carbocycles. The molecule has 0 unspecified atom stereocenters. The molecule has 2 aromatic rings. The van der Waals surface area contributed by atoms with Crippen LogP contribution in [0.3, 0.4) is 0 Å². The van der Waals surface area contributed by atoms with E-state index in [1.165, 1.54) is 19.4 Å². The van der Waals surface area contributed by atoms with Gasteiger partial charge in [-0.1, -0.05) is 52.3 Å². The van der Waals surface area contributed by atoms with Crippen LogP contribution in [-0.4, -0.2) is 35.4 Å². The van der Waals surface area contributed by atoms with Crippen LogP contribution in [0.2, 0.25) is 0 Å². The number of nitrogens with one attached hydrogen (secondary N) is 1. The monoisotopic (exact) mass is 399 g/mol. The molecule has 1 saturated heterocycles. The highest BCUT2D eigenvalue weighted by molar-refractivity contribution is 7.10. The molecule has 2 heterocycles. The molecule has 0 aliphatic carbocycles. The lowest BCUT2D eigenvalue weighted by molar-refractivity contribution is 0.102. The molecule has 4 nitrogen and oxygen atoms in total. The molecule has 0 atom stereocenters. The number of nitrogens with zero attached hydrogens (tertiary/aromatic N) is 2. The zero-order valence-electron chi connectivity index (χ0n) is 17.6. The van der Waals surface area contributed by atoms with Crippen LogP contribution < -0.4 is 5.32 Å².